The number of nitrogens with two attached hydrogens (primary N) is 1. The van der Waals surface area contributed by atoms with Gasteiger partial charge in [0.15, 0.2) is 0 Å². The highest BCUT2D eigenvalue weighted by Crippen LogP contribution is 2.27. The summed E-state index contributed by atoms with van der Waals surface area (Å²) in [6.07, 6.45) is 0. The second-order valence-electron chi connectivity index (χ2n) is 4.30. The van der Waals surface area contributed by atoms with Crippen molar-refractivity contribution in [2.45, 2.75) is 6.92 Å². The van der Waals surface area contributed by atoms with Crippen LogP contribution in [-0.2, 0) is 0 Å². The van der Waals surface area contributed by atoms with Gasteiger partial charge in [-0.1, -0.05) is 23.8 Å². The number of phenols is 1. The molecule has 2 aromatic rings. The fourth-order valence-corrected chi connectivity index (χ4v) is 1.92. The summed E-state index contributed by atoms with van der Waals surface area (Å²) in [5, 5.41) is 9.56. The summed E-state index contributed by atoms with van der Waals surface area (Å²) >= 11 is 0. The second-order valence-corrected chi connectivity index (χ2v) is 4.30. The molecule has 0 bridgehead atoms. The van der Waals surface area contributed by atoms with E-state index in [9.17, 15) is 5.11 Å². The highest BCUT2D eigenvalue weighted by Gasteiger charge is 2.08. The van der Waals surface area contributed by atoms with Crippen molar-refractivity contribution in [3.8, 4) is 5.75 Å². The van der Waals surface area contributed by atoms with Gasteiger partial charge in [-0.05, 0) is 31.2 Å². The molecule has 3 N–H and O–H groups in total. The maximum atomic E-state index is 9.56. The van der Waals surface area contributed by atoms with Gasteiger partial charge in [0.2, 0.25) is 0 Å². The van der Waals surface area contributed by atoms with Crippen LogP contribution in [0.15, 0.2) is 48.5 Å². The molecule has 0 amide bonds. The van der Waals surface area contributed by atoms with Gasteiger partial charge in [-0.2, -0.15) is 0 Å². The number of aromatic hydroxyl groups is 1. The number of aryl methyl sites for hydroxylation is 1. The van der Waals surface area contributed by atoms with Gasteiger partial charge in [0, 0.05) is 30.5 Å². The molecule has 0 aliphatic rings. The number of benzene rings is 2. The third kappa shape index (κ3) is 2.81. The molecule has 0 unspecified atom stereocenters. The van der Waals surface area contributed by atoms with Gasteiger partial charge in [-0.15, -0.1) is 0 Å². The molecule has 3 heteroatoms. The lowest BCUT2D eigenvalue weighted by Crippen LogP contribution is -2.24. The Morgan fingerprint density at radius 3 is 2.39 bits per heavy atom. The standard InChI is InChI=1S/C15H18N2O/c1-12-5-7-13(8-6-12)17(10-9-16)14-3-2-4-15(18)11-14/h2-8,11,18H,9-10,16H2,1H3. The summed E-state index contributed by atoms with van der Waals surface area (Å²) in [4.78, 5) is 2.10. The first-order valence-corrected chi connectivity index (χ1v) is 6.04. The van der Waals surface area contributed by atoms with Gasteiger partial charge in [0.1, 0.15) is 5.75 Å². The zero-order valence-corrected chi connectivity index (χ0v) is 10.5. The van der Waals surface area contributed by atoms with Crippen LogP contribution in [0.25, 0.3) is 0 Å². The van der Waals surface area contributed by atoms with E-state index in [0.29, 0.717) is 13.1 Å². The molecule has 0 saturated heterocycles. The largest absolute Gasteiger partial charge is 0.508 e. The molecular formula is C15H18N2O. The molecule has 0 radical (unpaired) electrons. The van der Waals surface area contributed by atoms with Crippen molar-refractivity contribution >= 4 is 11.4 Å². The summed E-state index contributed by atoms with van der Waals surface area (Å²) in [5.74, 6) is 0.265. The van der Waals surface area contributed by atoms with Crippen LogP contribution >= 0.6 is 0 Å². The van der Waals surface area contributed by atoms with Crippen LogP contribution in [0.2, 0.25) is 0 Å². The number of anilines is 2. The van der Waals surface area contributed by atoms with Crippen molar-refractivity contribution < 1.29 is 5.11 Å². The van der Waals surface area contributed by atoms with E-state index in [2.05, 4.69) is 36.1 Å². The SMILES string of the molecule is Cc1ccc(N(CCN)c2cccc(O)c2)cc1. The van der Waals surface area contributed by atoms with Gasteiger partial charge in [0.25, 0.3) is 0 Å². The first-order valence-electron chi connectivity index (χ1n) is 6.04. The molecule has 0 fully saturated rings. The molecule has 0 aliphatic heterocycles. The molecule has 2 aromatic carbocycles. The van der Waals surface area contributed by atoms with Crippen molar-refractivity contribution in [3.05, 3.63) is 54.1 Å². The summed E-state index contributed by atoms with van der Waals surface area (Å²) in [7, 11) is 0. The fourth-order valence-electron chi connectivity index (χ4n) is 1.92. The number of hydrogen-bond donors (Lipinski definition) is 2. The normalized spacial score (nSPS) is 10.3. The summed E-state index contributed by atoms with van der Waals surface area (Å²) in [5.41, 5.74) is 8.92. The summed E-state index contributed by atoms with van der Waals surface area (Å²) < 4.78 is 0. The molecule has 18 heavy (non-hydrogen) atoms. The second kappa shape index (κ2) is 5.56. The Labute approximate surface area is 107 Å². The van der Waals surface area contributed by atoms with Gasteiger partial charge in [0.05, 0.1) is 0 Å². The molecule has 0 aromatic heterocycles. The van der Waals surface area contributed by atoms with Crippen LogP contribution < -0.4 is 10.6 Å². The lowest BCUT2D eigenvalue weighted by molar-refractivity contribution is 0.475. The zero-order chi connectivity index (χ0) is 13.0. The van der Waals surface area contributed by atoms with Crippen LogP contribution in [0.5, 0.6) is 5.75 Å². The summed E-state index contributed by atoms with van der Waals surface area (Å²) in [6, 6.07) is 15.5. The van der Waals surface area contributed by atoms with E-state index in [4.69, 9.17) is 5.73 Å². The smallest absolute Gasteiger partial charge is 0.117 e. The highest BCUT2D eigenvalue weighted by molar-refractivity contribution is 5.64. The van der Waals surface area contributed by atoms with E-state index in [0.717, 1.165) is 11.4 Å². The minimum absolute atomic E-state index is 0.265. The molecule has 0 spiro atoms. The topological polar surface area (TPSA) is 49.5 Å². The van der Waals surface area contributed by atoms with Gasteiger partial charge in [-0.25, -0.2) is 0 Å². The number of hydrogen-bond acceptors (Lipinski definition) is 3. The summed E-state index contributed by atoms with van der Waals surface area (Å²) in [6.45, 7) is 3.33. The van der Waals surface area contributed by atoms with E-state index >= 15 is 0 Å². The van der Waals surface area contributed by atoms with E-state index in [1.807, 2.05) is 12.1 Å². The zero-order valence-electron chi connectivity index (χ0n) is 10.5. The van der Waals surface area contributed by atoms with Crippen LogP contribution in [0.4, 0.5) is 11.4 Å². The molecule has 0 atom stereocenters. The Morgan fingerprint density at radius 1 is 1.06 bits per heavy atom. The van der Waals surface area contributed by atoms with E-state index in [1.54, 1.807) is 12.1 Å². The van der Waals surface area contributed by atoms with E-state index < -0.39 is 0 Å². The number of phenolic OH excluding ortho intramolecular Hbond substituents is 1. The van der Waals surface area contributed by atoms with Crippen molar-refractivity contribution in [2.24, 2.45) is 5.73 Å². The van der Waals surface area contributed by atoms with Gasteiger partial charge >= 0.3 is 0 Å². The number of nitrogens with zero attached hydrogens (tertiary/aromatic N) is 1. The highest BCUT2D eigenvalue weighted by atomic mass is 16.3. The Morgan fingerprint density at radius 2 is 1.78 bits per heavy atom. The monoisotopic (exact) mass is 242 g/mol. The maximum absolute atomic E-state index is 9.56. The third-order valence-corrected chi connectivity index (χ3v) is 2.84. The predicted molar refractivity (Wildman–Crippen MR) is 75.3 cm³/mol. The fraction of sp³-hybridized carbons (Fsp3) is 0.200. The molecule has 0 aliphatic carbocycles. The van der Waals surface area contributed by atoms with Crippen LogP contribution in [-0.4, -0.2) is 18.2 Å². The average Bonchev–Trinajstić information content (AvgIpc) is 2.37. The molecule has 0 heterocycles. The van der Waals surface area contributed by atoms with E-state index in [1.165, 1.54) is 5.56 Å². The lowest BCUT2D eigenvalue weighted by Gasteiger charge is -2.24. The Balaban J connectivity index is 2.36. The minimum Gasteiger partial charge on any atom is -0.508 e. The first kappa shape index (κ1) is 12.5. The van der Waals surface area contributed by atoms with Crippen LogP contribution in [0.3, 0.4) is 0 Å². The minimum atomic E-state index is 0.265. The molecule has 2 rings (SSSR count). The van der Waals surface area contributed by atoms with Gasteiger partial charge < -0.3 is 15.7 Å². The van der Waals surface area contributed by atoms with Crippen molar-refractivity contribution in [3.63, 3.8) is 0 Å². The quantitative estimate of drug-likeness (QED) is 0.866. The Hall–Kier alpha value is -2.00. The first-order chi connectivity index (χ1) is 8.70. The van der Waals surface area contributed by atoms with Crippen molar-refractivity contribution in [2.75, 3.05) is 18.0 Å². The molecule has 94 valence electrons. The Bertz CT molecular complexity index is 508. The van der Waals surface area contributed by atoms with Crippen LogP contribution in [0, 0.1) is 6.92 Å². The molecule has 3 nitrogen and oxygen atoms in total. The maximum Gasteiger partial charge on any atom is 0.117 e. The molecular weight excluding hydrogens is 224 g/mol. The average molecular weight is 242 g/mol. The van der Waals surface area contributed by atoms with Crippen LogP contribution in [0.1, 0.15) is 5.56 Å². The van der Waals surface area contributed by atoms with Gasteiger partial charge in [-0.3, -0.25) is 0 Å². The third-order valence-electron chi connectivity index (χ3n) is 2.84. The lowest BCUT2D eigenvalue weighted by atomic mass is 10.2. The number of rotatable bonds is 4. The molecule has 0 saturated carbocycles. The van der Waals surface area contributed by atoms with E-state index in [-0.39, 0.29) is 5.75 Å². The Kier molecular flexibility index (Phi) is 3.85. The van der Waals surface area contributed by atoms with Crippen molar-refractivity contribution in [1.29, 1.82) is 0 Å². The predicted octanol–water partition coefficient (Wildman–Crippen LogP) is 2.80. The van der Waals surface area contributed by atoms with Crippen molar-refractivity contribution in [1.82, 2.24) is 0 Å².